The molecule has 0 radical (unpaired) electrons. The van der Waals surface area contributed by atoms with Gasteiger partial charge in [-0.05, 0) is 25.7 Å². The van der Waals surface area contributed by atoms with E-state index in [4.69, 9.17) is 4.84 Å². The summed E-state index contributed by atoms with van der Waals surface area (Å²) in [5, 5.41) is 0. The Hall–Kier alpha value is -0.500. The highest BCUT2D eigenvalue weighted by Crippen LogP contribution is 2.20. The lowest BCUT2D eigenvalue weighted by molar-refractivity contribution is 0.127. The summed E-state index contributed by atoms with van der Waals surface area (Å²) in [5.74, 6) is 0. The maximum Gasteiger partial charge on any atom is 0.0636 e. The average Bonchev–Trinajstić information content (AvgIpc) is 2.28. The van der Waals surface area contributed by atoms with E-state index in [2.05, 4.69) is 5.48 Å². The van der Waals surface area contributed by atoms with Crippen LogP contribution in [0.1, 0.15) is 51.4 Å². The van der Waals surface area contributed by atoms with Crippen LogP contribution >= 0.6 is 0 Å². The van der Waals surface area contributed by atoms with E-state index in [1.807, 2.05) is 6.20 Å². The molecule has 2 nitrogen and oxygen atoms in total. The molecular weight excluding hydrogens is 162 g/mol. The highest BCUT2D eigenvalue weighted by molar-refractivity contribution is 4.99. The van der Waals surface area contributed by atoms with Crippen molar-refractivity contribution in [1.29, 1.82) is 0 Å². The van der Waals surface area contributed by atoms with Crippen molar-refractivity contribution in [3.63, 3.8) is 0 Å². The molecule has 0 aromatic rings. The van der Waals surface area contributed by atoms with Gasteiger partial charge < -0.3 is 0 Å². The van der Waals surface area contributed by atoms with Gasteiger partial charge in [0, 0.05) is 6.20 Å². The Labute approximate surface area is 81.3 Å². The zero-order valence-electron chi connectivity index (χ0n) is 8.64. The molecule has 0 spiro atoms. The average molecular weight is 183 g/mol. The smallest absolute Gasteiger partial charge is 0.0636 e. The molecule has 13 heavy (non-hydrogen) atoms. The standard InChI is InChI=1S/C11H21NO/c1-13-12-10-11-8-6-4-2-3-5-7-9-11/h10,12H,2-9H2,1H3. The molecule has 1 aliphatic carbocycles. The van der Waals surface area contributed by atoms with Gasteiger partial charge >= 0.3 is 0 Å². The fourth-order valence-corrected chi connectivity index (χ4v) is 1.82. The van der Waals surface area contributed by atoms with Crippen molar-refractivity contribution in [2.24, 2.45) is 0 Å². The molecule has 0 amide bonds. The van der Waals surface area contributed by atoms with Crippen molar-refractivity contribution in [1.82, 2.24) is 5.48 Å². The van der Waals surface area contributed by atoms with Gasteiger partial charge in [0.15, 0.2) is 0 Å². The minimum Gasteiger partial charge on any atom is -0.280 e. The molecule has 1 N–H and O–H groups in total. The molecule has 0 saturated heterocycles. The van der Waals surface area contributed by atoms with Crippen LogP contribution in [0.25, 0.3) is 0 Å². The topological polar surface area (TPSA) is 21.3 Å². The third-order valence-corrected chi connectivity index (χ3v) is 2.63. The first kappa shape index (κ1) is 10.6. The van der Waals surface area contributed by atoms with Gasteiger partial charge in [-0.15, -0.1) is 0 Å². The highest BCUT2D eigenvalue weighted by Gasteiger charge is 2.01. The molecule has 1 saturated carbocycles. The summed E-state index contributed by atoms with van der Waals surface area (Å²) < 4.78 is 0. The van der Waals surface area contributed by atoms with Crippen LogP contribution < -0.4 is 5.48 Å². The second kappa shape index (κ2) is 6.96. The Morgan fingerprint density at radius 3 is 2.08 bits per heavy atom. The van der Waals surface area contributed by atoms with E-state index in [-0.39, 0.29) is 0 Å². The largest absolute Gasteiger partial charge is 0.280 e. The molecule has 1 fully saturated rings. The minimum atomic E-state index is 1.25. The van der Waals surface area contributed by atoms with Gasteiger partial charge in [0.2, 0.25) is 0 Å². The van der Waals surface area contributed by atoms with Crippen molar-refractivity contribution in [3.8, 4) is 0 Å². The Morgan fingerprint density at radius 2 is 1.54 bits per heavy atom. The number of nitrogens with one attached hydrogen (secondary N) is 1. The minimum absolute atomic E-state index is 1.25. The maximum absolute atomic E-state index is 4.82. The highest BCUT2D eigenvalue weighted by atomic mass is 16.6. The summed E-state index contributed by atoms with van der Waals surface area (Å²) >= 11 is 0. The number of allylic oxidation sites excluding steroid dienone is 1. The Balaban J connectivity index is 2.31. The van der Waals surface area contributed by atoms with E-state index in [0.717, 1.165) is 0 Å². The molecule has 0 aromatic carbocycles. The van der Waals surface area contributed by atoms with E-state index >= 15 is 0 Å². The molecule has 0 heterocycles. The van der Waals surface area contributed by atoms with Crippen molar-refractivity contribution >= 4 is 0 Å². The van der Waals surface area contributed by atoms with Crippen LogP contribution in [0.4, 0.5) is 0 Å². The SMILES string of the molecule is CONC=C1CCCCCCCC1. The van der Waals surface area contributed by atoms with Gasteiger partial charge in [0.1, 0.15) is 0 Å². The van der Waals surface area contributed by atoms with Crippen LogP contribution in [0.15, 0.2) is 11.8 Å². The predicted octanol–water partition coefficient (Wildman–Crippen LogP) is 3.16. The van der Waals surface area contributed by atoms with E-state index < -0.39 is 0 Å². The molecule has 0 bridgehead atoms. The summed E-state index contributed by atoms with van der Waals surface area (Å²) in [5.41, 5.74) is 4.34. The molecule has 0 aromatic heterocycles. The Kier molecular flexibility index (Phi) is 5.66. The first-order valence-electron chi connectivity index (χ1n) is 5.40. The van der Waals surface area contributed by atoms with Crippen molar-refractivity contribution < 1.29 is 4.84 Å². The third kappa shape index (κ3) is 4.94. The number of rotatable bonds is 2. The quantitative estimate of drug-likeness (QED) is 0.664. The second-order valence-electron chi connectivity index (χ2n) is 3.75. The Morgan fingerprint density at radius 1 is 1.00 bits per heavy atom. The van der Waals surface area contributed by atoms with E-state index in [1.165, 1.54) is 56.9 Å². The lowest BCUT2D eigenvalue weighted by atomic mass is 10.1. The zero-order valence-corrected chi connectivity index (χ0v) is 8.64. The first-order chi connectivity index (χ1) is 6.43. The number of hydrogen-bond donors (Lipinski definition) is 1. The Bertz CT molecular complexity index is 142. The van der Waals surface area contributed by atoms with Crippen LogP contribution in [0, 0.1) is 0 Å². The lowest BCUT2D eigenvalue weighted by Crippen LogP contribution is -2.03. The first-order valence-corrected chi connectivity index (χ1v) is 5.40. The lowest BCUT2D eigenvalue weighted by Gasteiger charge is -2.05. The fourth-order valence-electron chi connectivity index (χ4n) is 1.82. The molecule has 0 unspecified atom stereocenters. The second-order valence-corrected chi connectivity index (χ2v) is 3.75. The van der Waals surface area contributed by atoms with Gasteiger partial charge in [-0.1, -0.05) is 31.3 Å². The molecule has 0 atom stereocenters. The molecular formula is C11H21NO. The molecule has 0 aliphatic heterocycles. The summed E-state index contributed by atoms with van der Waals surface area (Å²) in [6.07, 6.45) is 12.8. The third-order valence-electron chi connectivity index (χ3n) is 2.63. The van der Waals surface area contributed by atoms with Crippen molar-refractivity contribution in [2.45, 2.75) is 51.4 Å². The van der Waals surface area contributed by atoms with Gasteiger partial charge in [-0.3, -0.25) is 10.3 Å². The van der Waals surface area contributed by atoms with E-state index in [0.29, 0.717) is 0 Å². The van der Waals surface area contributed by atoms with Crippen molar-refractivity contribution in [3.05, 3.63) is 11.8 Å². The monoisotopic (exact) mass is 183 g/mol. The molecule has 1 rings (SSSR count). The van der Waals surface area contributed by atoms with Crippen molar-refractivity contribution in [2.75, 3.05) is 7.11 Å². The van der Waals surface area contributed by atoms with Gasteiger partial charge in [-0.2, -0.15) is 0 Å². The van der Waals surface area contributed by atoms with Gasteiger partial charge in [-0.25, -0.2) is 0 Å². The summed E-state index contributed by atoms with van der Waals surface area (Å²) in [4.78, 5) is 4.82. The maximum atomic E-state index is 4.82. The number of hydroxylamine groups is 1. The van der Waals surface area contributed by atoms with Crippen LogP contribution in [-0.2, 0) is 4.84 Å². The molecule has 1 aliphatic rings. The summed E-state index contributed by atoms with van der Waals surface area (Å²) in [6.45, 7) is 0. The molecule has 2 heteroatoms. The van der Waals surface area contributed by atoms with Gasteiger partial charge in [0.05, 0.1) is 7.11 Å². The fraction of sp³-hybridized carbons (Fsp3) is 0.818. The van der Waals surface area contributed by atoms with Crippen LogP contribution in [0.2, 0.25) is 0 Å². The number of hydrogen-bond acceptors (Lipinski definition) is 2. The summed E-state index contributed by atoms with van der Waals surface area (Å²) in [7, 11) is 1.66. The predicted molar refractivity (Wildman–Crippen MR) is 55.2 cm³/mol. The zero-order chi connectivity index (χ0) is 9.36. The van der Waals surface area contributed by atoms with Crippen LogP contribution in [0.5, 0.6) is 0 Å². The van der Waals surface area contributed by atoms with Crippen LogP contribution in [-0.4, -0.2) is 7.11 Å². The summed E-state index contributed by atoms with van der Waals surface area (Å²) in [6, 6.07) is 0. The van der Waals surface area contributed by atoms with Gasteiger partial charge in [0.25, 0.3) is 0 Å². The van der Waals surface area contributed by atoms with E-state index in [1.54, 1.807) is 7.11 Å². The van der Waals surface area contributed by atoms with Crippen LogP contribution in [0.3, 0.4) is 0 Å². The normalized spacial score (nSPS) is 19.9. The molecule has 76 valence electrons. The van der Waals surface area contributed by atoms with E-state index in [9.17, 15) is 0 Å².